The number of aromatic hydroxyl groups is 1. The molecule has 15 heavy (non-hydrogen) atoms. The molecule has 0 heterocycles. The largest absolute Gasteiger partial charge is 0.502 e. The number of hydrogen-bond donors (Lipinski definition) is 1. The van der Waals surface area contributed by atoms with Crippen LogP contribution in [0.4, 0.5) is 5.69 Å². The number of carbonyl (C=O) groups is 1. The molecule has 0 radical (unpaired) electrons. The Morgan fingerprint density at radius 3 is 2.73 bits per heavy atom. The van der Waals surface area contributed by atoms with E-state index in [9.17, 15) is 20.0 Å². The van der Waals surface area contributed by atoms with E-state index in [1.807, 2.05) is 0 Å². The average Bonchev–Trinajstić information content (AvgIpc) is 2.14. The lowest BCUT2D eigenvalue weighted by molar-refractivity contribution is -0.386. The first kappa shape index (κ1) is 11.5. The summed E-state index contributed by atoms with van der Waals surface area (Å²) in [7, 11) is 0. The highest BCUT2D eigenvalue weighted by molar-refractivity contribution is 6.31. The molecule has 0 fully saturated rings. The molecule has 1 N–H and O–H groups in total. The third-order valence-corrected chi connectivity index (χ3v) is 2.42. The third kappa shape index (κ3) is 2.07. The Hall–Kier alpha value is -1.62. The standard InChI is InChI=1S/C9H8ClNO4/c1-5-7(10)4-6(2-3-12)9(13)8(5)11(14)15/h3-4,13H,2H2,1H3. The number of nitrogens with zero attached hydrogens (tertiary/aromatic N) is 1. The predicted octanol–water partition coefficient (Wildman–Crippen LogP) is 2.00. The van der Waals surface area contributed by atoms with Crippen molar-refractivity contribution in [1.82, 2.24) is 0 Å². The Morgan fingerprint density at radius 1 is 1.67 bits per heavy atom. The molecule has 0 saturated heterocycles. The average molecular weight is 230 g/mol. The van der Waals surface area contributed by atoms with Gasteiger partial charge in [-0.3, -0.25) is 10.1 Å². The molecule has 0 aliphatic carbocycles. The normalized spacial score (nSPS) is 10.0. The van der Waals surface area contributed by atoms with Crippen LogP contribution in [0.1, 0.15) is 11.1 Å². The van der Waals surface area contributed by atoms with Crippen LogP contribution >= 0.6 is 11.6 Å². The monoisotopic (exact) mass is 229 g/mol. The number of aldehydes is 1. The van der Waals surface area contributed by atoms with Gasteiger partial charge >= 0.3 is 5.69 Å². The second-order valence-electron chi connectivity index (χ2n) is 2.97. The van der Waals surface area contributed by atoms with Crippen molar-refractivity contribution in [1.29, 1.82) is 0 Å². The van der Waals surface area contributed by atoms with E-state index in [4.69, 9.17) is 11.6 Å². The molecule has 6 heteroatoms. The number of benzene rings is 1. The molecule has 1 aromatic carbocycles. The number of nitro groups is 1. The first-order valence-corrected chi connectivity index (χ1v) is 4.45. The minimum Gasteiger partial charge on any atom is -0.502 e. The van der Waals surface area contributed by atoms with Crippen LogP contribution in [0, 0.1) is 17.0 Å². The molecule has 0 spiro atoms. The van der Waals surface area contributed by atoms with Gasteiger partial charge in [-0.2, -0.15) is 0 Å². The Balaban J connectivity index is 3.48. The van der Waals surface area contributed by atoms with Crippen LogP contribution in [0.5, 0.6) is 5.75 Å². The van der Waals surface area contributed by atoms with E-state index in [1.165, 1.54) is 13.0 Å². The quantitative estimate of drug-likeness (QED) is 0.488. The van der Waals surface area contributed by atoms with Gasteiger partial charge in [-0.15, -0.1) is 0 Å². The lowest BCUT2D eigenvalue weighted by Crippen LogP contribution is -1.97. The maximum absolute atomic E-state index is 10.6. The second-order valence-corrected chi connectivity index (χ2v) is 3.37. The summed E-state index contributed by atoms with van der Waals surface area (Å²) in [5.41, 5.74) is -0.0968. The van der Waals surface area contributed by atoms with Gasteiger partial charge in [0.2, 0.25) is 0 Å². The highest BCUT2D eigenvalue weighted by Crippen LogP contribution is 2.37. The molecule has 0 aliphatic heterocycles. The topological polar surface area (TPSA) is 80.4 Å². The van der Waals surface area contributed by atoms with Crippen molar-refractivity contribution in [2.24, 2.45) is 0 Å². The summed E-state index contributed by atoms with van der Waals surface area (Å²) in [6.07, 6.45) is 0.442. The second kappa shape index (κ2) is 4.27. The first-order valence-electron chi connectivity index (χ1n) is 4.08. The Labute approximate surface area is 90.4 Å². The number of halogens is 1. The van der Waals surface area contributed by atoms with Crippen LogP contribution in [0.3, 0.4) is 0 Å². The number of nitro benzene ring substituents is 1. The van der Waals surface area contributed by atoms with E-state index in [-0.39, 0.29) is 22.6 Å². The first-order chi connectivity index (χ1) is 6.99. The van der Waals surface area contributed by atoms with Crippen molar-refractivity contribution in [3.63, 3.8) is 0 Å². The minimum absolute atomic E-state index is 0.104. The van der Waals surface area contributed by atoms with Crippen molar-refractivity contribution in [2.75, 3.05) is 0 Å². The maximum atomic E-state index is 10.6. The van der Waals surface area contributed by atoms with Gasteiger partial charge in [-0.05, 0) is 13.0 Å². The van der Waals surface area contributed by atoms with E-state index in [1.54, 1.807) is 0 Å². The van der Waals surface area contributed by atoms with Crippen LogP contribution in [0.25, 0.3) is 0 Å². The summed E-state index contributed by atoms with van der Waals surface area (Å²) < 4.78 is 0. The van der Waals surface area contributed by atoms with Gasteiger partial charge in [0.15, 0.2) is 5.75 Å². The molecule has 80 valence electrons. The van der Waals surface area contributed by atoms with Crippen LogP contribution in [-0.4, -0.2) is 16.3 Å². The Kier molecular flexibility index (Phi) is 3.26. The van der Waals surface area contributed by atoms with E-state index in [0.29, 0.717) is 6.29 Å². The van der Waals surface area contributed by atoms with Crippen molar-refractivity contribution < 1.29 is 14.8 Å². The van der Waals surface area contributed by atoms with E-state index in [0.717, 1.165) is 0 Å². The summed E-state index contributed by atoms with van der Waals surface area (Å²) >= 11 is 5.74. The minimum atomic E-state index is -0.717. The van der Waals surface area contributed by atoms with E-state index >= 15 is 0 Å². The highest BCUT2D eigenvalue weighted by Gasteiger charge is 2.22. The molecule has 0 unspecified atom stereocenters. The van der Waals surface area contributed by atoms with Gasteiger partial charge in [-0.25, -0.2) is 0 Å². The number of rotatable bonds is 3. The predicted molar refractivity (Wildman–Crippen MR) is 54.3 cm³/mol. The fourth-order valence-corrected chi connectivity index (χ4v) is 1.46. The maximum Gasteiger partial charge on any atom is 0.315 e. The summed E-state index contributed by atoms with van der Waals surface area (Å²) in [6, 6.07) is 1.35. The molecule has 0 aliphatic rings. The Morgan fingerprint density at radius 2 is 2.27 bits per heavy atom. The Bertz CT molecular complexity index is 431. The van der Waals surface area contributed by atoms with E-state index < -0.39 is 16.4 Å². The molecule has 0 bridgehead atoms. The zero-order valence-electron chi connectivity index (χ0n) is 7.86. The van der Waals surface area contributed by atoms with Gasteiger partial charge in [0.25, 0.3) is 0 Å². The smallest absolute Gasteiger partial charge is 0.315 e. The highest BCUT2D eigenvalue weighted by atomic mass is 35.5. The lowest BCUT2D eigenvalue weighted by Gasteiger charge is -2.06. The molecule has 0 amide bonds. The fraction of sp³-hybridized carbons (Fsp3) is 0.222. The molecular weight excluding hydrogens is 222 g/mol. The van der Waals surface area contributed by atoms with Gasteiger partial charge < -0.3 is 9.90 Å². The van der Waals surface area contributed by atoms with Crippen molar-refractivity contribution >= 4 is 23.6 Å². The van der Waals surface area contributed by atoms with Gasteiger partial charge in [-0.1, -0.05) is 11.6 Å². The van der Waals surface area contributed by atoms with Crippen molar-refractivity contribution in [2.45, 2.75) is 13.3 Å². The summed E-state index contributed by atoms with van der Waals surface area (Å²) in [5.74, 6) is -0.492. The van der Waals surface area contributed by atoms with Gasteiger partial charge in [0, 0.05) is 17.5 Å². The lowest BCUT2D eigenvalue weighted by atomic mass is 10.1. The van der Waals surface area contributed by atoms with Crippen molar-refractivity contribution in [3.8, 4) is 5.75 Å². The molecular formula is C9H8ClNO4. The van der Waals surface area contributed by atoms with Crippen LogP contribution in [-0.2, 0) is 11.2 Å². The summed E-state index contributed by atoms with van der Waals surface area (Å²) in [4.78, 5) is 20.2. The van der Waals surface area contributed by atoms with Gasteiger partial charge in [0.05, 0.1) is 9.95 Å². The molecule has 1 rings (SSSR count). The zero-order chi connectivity index (χ0) is 11.6. The molecule has 0 saturated carbocycles. The SMILES string of the molecule is Cc1c(Cl)cc(CC=O)c(O)c1[N+](=O)[O-]. The summed E-state index contributed by atoms with van der Waals surface area (Å²) in [6.45, 7) is 1.44. The number of phenolic OH excluding ortho intramolecular Hbond substituents is 1. The van der Waals surface area contributed by atoms with Crippen LogP contribution < -0.4 is 0 Å². The van der Waals surface area contributed by atoms with Crippen molar-refractivity contribution in [3.05, 3.63) is 32.3 Å². The third-order valence-electron chi connectivity index (χ3n) is 2.03. The number of carbonyl (C=O) groups excluding carboxylic acids is 1. The molecule has 0 aromatic heterocycles. The van der Waals surface area contributed by atoms with Crippen LogP contribution in [0.2, 0.25) is 5.02 Å². The summed E-state index contributed by atoms with van der Waals surface area (Å²) in [5, 5.41) is 20.3. The number of phenols is 1. The molecule has 1 aromatic rings. The van der Waals surface area contributed by atoms with Gasteiger partial charge in [0.1, 0.15) is 6.29 Å². The fourth-order valence-electron chi connectivity index (χ4n) is 1.24. The zero-order valence-corrected chi connectivity index (χ0v) is 8.61. The molecule has 0 atom stereocenters. The van der Waals surface area contributed by atoms with Crippen LogP contribution in [0.15, 0.2) is 6.07 Å². The van der Waals surface area contributed by atoms with E-state index in [2.05, 4.69) is 0 Å². The number of hydrogen-bond acceptors (Lipinski definition) is 4. The molecule has 5 nitrogen and oxygen atoms in total.